The van der Waals surface area contributed by atoms with Gasteiger partial charge >= 0.3 is 0 Å². The van der Waals surface area contributed by atoms with Crippen molar-refractivity contribution in [3.05, 3.63) is 66.4 Å². The molecule has 2 amide bonds. The maximum atomic E-state index is 13.2. The molecule has 1 aromatic carbocycles. The molecule has 29 heavy (non-hydrogen) atoms. The monoisotopic (exact) mass is 393 g/mol. The number of hydrogen-bond donors (Lipinski definition) is 3. The lowest BCUT2D eigenvalue weighted by Crippen LogP contribution is -2.52. The first kappa shape index (κ1) is 18.9. The van der Waals surface area contributed by atoms with Gasteiger partial charge in [-0.25, -0.2) is 0 Å². The molecule has 0 spiro atoms. The Bertz CT molecular complexity index is 990. The van der Waals surface area contributed by atoms with Crippen molar-refractivity contribution < 1.29 is 14.0 Å². The lowest BCUT2D eigenvalue weighted by molar-refractivity contribution is -0.126. The summed E-state index contributed by atoms with van der Waals surface area (Å²) in [6.45, 7) is 3.38. The fraction of sp³-hybridized carbons (Fsp3) is 0.286. The summed E-state index contributed by atoms with van der Waals surface area (Å²) in [4.78, 5) is 25.4. The number of carbonyl (C=O) groups excluding carboxylic acids is 2. The fourth-order valence-corrected chi connectivity index (χ4v) is 3.64. The van der Waals surface area contributed by atoms with E-state index in [4.69, 9.17) is 4.42 Å². The number of aromatic nitrogens is 2. The normalized spacial score (nSPS) is 15.6. The van der Waals surface area contributed by atoms with Crippen LogP contribution in [0.1, 0.15) is 29.0 Å². The van der Waals surface area contributed by atoms with E-state index in [-0.39, 0.29) is 17.6 Å². The number of aryl methyl sites for hydroxylation is 1. The molecule has 1 saturated heterocycles. The molecule has 1 aliphatic rings. The molecule has 3 N–H and O–H groups in total. The first-order valence-electron chi connectivity index (χ1n) is 9.56. The highest BCUT2D eigenvalue weighted by atomic mass is 16.3. The lowest BCUT2D eigenvalue weighted by Gasteiger charge is -2.36. The third-order valence-corrected chi connectivity index (χ3v) is 5.27. The van der Waals surface area contributed by atoms with Gasteiger partial charge in [-0.05, 0) is 74.8 Å². The zero-order valence-electron chi connectivity index (χ0n) is 16.1. The Labute approximate surface area is 168 Å². The minimum Gasteiger partial charge on any atom is -0.459 e. The number of nitrogens with zero attached hydrogens (tertiary/aromatic N) is 2. The van der Waals surface area contributed by atoms with Gasteiger partial charge in [0.2, 0.25) is 0 Å². The van der Waals surface area contributed by atoms with Crippen LogP contribution in [0.4, 0.5) is 11.4 Å². The van der Waals surface area contributed by atoms with Crippen LogP contribution in [-0.4, -0.2) is 34.7 Å². The molecule has 3 heterocycles. The van der Waals surface area contributed by atoms with Crippen LogP contribution < -0.4 is 16.0 Å². The summed E-state index contributed by atoms with van der Waals surface area (Å²) >= 11 is 0. The minimum absolute atomic E-state index is 0.0885. The molecular formula is C21H23N5O3. The highest BCUT2D eigenvalue weighted by Gasteiger charge is 2.42. The predicted molar refractivity (Wildman–Crippen MR) is 109 cm³/mol. The number of rotatable bonds is 5. The Balaban J connectivity index is 1.51. The van der Waals surface area contributed by atoms with E-state index in [1.165, 1.54) is 6.26 Å². The number of carbonyl (C=O) groups is 2. The molecule has 1 aliphatic heterocycles. The van der Waals surface area contributed by atoms with E-state index in [9.17, 15) is 9.59 Å². The van der Waals surface area contributed by atoms with E-state index in [1.807, 2.05) is 25.3 Å². The molecule has 4 rings (SSSR count). The van der Waals surface area contributed by atoms with E-state index in [2.05, 4.69) is 21.0 Å². The van der Waals surface area contributed by atoms with Gasteiger partial charge in [0.1, 0.15) is 5.54 Å². The highest BCUT2D eigenvalue weighted by Crippen LogP contribution is 2.29. The molecule has 0 atom stereocenters. The minimum atomic E-state index is -0.713. The molecule has 2 aromatic heterocycles. The van der Waals surface area contributed by atoms with Gasteiger partial charge in [-0.1, -0.05) is 0 Å². The zero-order valence-corrected chi connectivity index (χ0v) is 16.1. The SMILES string of the molecule is Cc1cc(NC(=O)C2(n3cccn3)CCNCC2)ccc1NC(=O)c1ccco1. The van der Waals surface area contributed by atoms with Gasteiger partial charge in [-0.15, -0.1) is 0 Å². The van der Waals surface area contributed by atoms with Gasteiger partial charge in [0, 0.05) is 23.8 Å². The van der Waals surface area contributed by atoms with Gasteiger partial charge in [0.15, 0.2) is 5.76 Å². The molecule has 3 aromatic rings. The molecular weight excluding hydrogens is 370 g/mol. The van der Waals surface area contributed by atoms with Crippen molar-refractivity contribution >= 4 is 23.2 Å². The molecule has 0 aliphatic carbocycles. The quantitative estimate of drug-likeness (QED) is 0.619. The van der Waals surface area contributed by atoms with Gasteiger partial charge in [0.05, 0.1) is 6.26 Å². The third-order valence-electron chi connectivity index (χ3n) is 5.27. The second-order valence-electron chi connectivity index (χ2n) is 7.15. The first-order valence-corrected chi connectivity index (χ1v) is 9.56. The van der Waals surface area contributed by atoms with E-state index < -0.39 is 5.54 Å². The summed E-state index contributed by atoms with van der Waals surface area (Å²) in [5.41, 5.74) is 1.46. The maximum Gasteiger partial charge on any atom is 0.291 e. The van der Waals surface area contributed by atoms with Gasteiger partial charge in [0.25, 0.3) is 11.8 Å². The van der Waals surface area contributed by atoms with Crippen molar-refractivity contribution in [2.75, 3.05) is 23.7 Å². The Morgan fingerprint density at radius 1 is 1.17 bits per heavy atom. The Morgan fingerprint density at radius 3 is 2.66 bits per heavy atom. The van der Waals surface area contributed by atoms with Crippen LogP contribution in [0.15, 0.2) is 59.5 Å². The molecule has 0 saturated carbocycles. The Morgan fingerprint density at radius 2 is 2.00 bits per heavy atom. The van der Waals surface area contributed by atoms with Crippen molar-refractivity contribution in [3.8, 4) is 0 Å². The van der Waals surface area contributed by atoms with Gasteiger partial charge in [-0.3, -0.25) is 14.3 Å². The van der Waals surface area contributed by atoms with Crippen LogP contribution >= 0.6 is 0 Å². The molecule has 8 heteroatoms. The molecule has 0 radical (unpaired) electrons. The largest absolute Gasteiger partial charge is 0.459 e. The summed E-state index contributed by atoms with van der Waals surface area (Å²) in [6, 6.07) is 10.5. The summed E-state index contributed by atoms with van der Waals surface area (Å²) < 4.78 is 6.87. The maximum absolute atomic E-state index is 13.2. The number of anilines is 2. The summed E-state index contributed by atoms with van der Waals surface area (Å²) in [5, 5.41) is 13.5. The summed E-state index contributed by atoms with van der Waals surface area (Å²) in [6.07, 6.45) is 6.31. The average molecular weight is 393 g/mol. The first-order chi connectivity index (χ1) is 14.1. The van der Waals surface area contributed by atoms with Crippen molar-refractivity contribution in [2.24, 2.45) is 0 Å². The smallest absolute Gasteiger partial charge is 0.291 e. The molecule has 0 unspecified atom stereocenters. The lowest BCUT2D eigenvalue weighted by atomic mass is 9.87. The summed E-state index contributed by atoms with van der Waals surface area (Å²) in [7, 11) is 0. The van der Waals surface area contributed by atoms with Crippen LogP contribution in [0.25, 0.3) is 0 Å². The van der Waals surface area contributed by atoms with Crippen LogP contribution in [0.5, 0.6) is 0 Å². The second-order valence-corrected chi connectivity index (χ2v) is 7.15. The molecule has 8 nitrogen and oxygen atoms in total. The van der Waals surface area contributed by atoms with Crippen molar-refractivity contribution in [1.29, 1.82) is 0 Å². The van der Waals surface area contributed by atoms with E-state index in [0.29, 0.717) is 24.2 Å². The van der Waals surface area contributed by atoms with E-state index in [0.717, 1.165) is 18.7 Å². The van der Waals surface area contributed by atoms with Crippen LogP contribution in [0.2, 0.25) is 0 Å². The number of amides is 2. The fourth-order valence-electron chi connectivity index (χ4n) is 3.64. The Hall–Kier alpha value is -3.39. The van der Waals surface area contributed by atoms with Crippen molar-refractivity contribution in [3.63, 3.8) is 0 Å². The second kappa shape index (κ2) is 7.92. The number of piperidine rings is 1. The number of nitrogens with one attached hydrogen (secondary N) is 3. The van der Waals surface area contributed by atoms with Crippen molar-refractivity contribution in [2.45, 2.75) is 25.3 Å². The molecule has 0 bridgehead atoms. The highest BCUT2D eigenvalue weighted by molar-refractivity contribution is 6.03. The van der Waals surface area contributed by atoms with E-state index >= 15 is 0 Å². The topological polar surface area (TPSA) is 101 Å². The summed E-state index contributed by atoms with van der Waals surface area (Å²) in [5.74, 6) is -0.162. The predicted octanol–water partition coefficient (Wildman–Crippen LogP) is 2.75. The van der Waals surface area contributed by atoms with Crippen LogP contribution in [0, 0.1) is 6.92 Å². The third kappa shape index (κ3) is 3.79. The molecule has 150 valence electrons. The zero-order chi connectivity index (χ0) is 20.3. The number of furan rings is 1. The van der Waals surface area contributed by atoms with Crippen molar-refractivity contribution in [1.82, 2.24) is 15.1 Å². The average Bonchev–Trinajstić information content (AvgIpc) is 3.45. The molecule has 1 fully saturated rings. The van der Waals surface area contributed by atoms with Gasteiger partial charge < -0.3 is 20.4 Å². The van der Waals surface area contributed by atoms with E-state index in [1.54, 1.807) is 35.1 Å². The van der Waals surface area contributed by atoms with Gasteiger partial charge in [-0.2, -0.15) is 5.10 Å². The number of hydrogen-bond acceptors (Lipinski definition) is 5. The van der Waals surface area contributed by atoms with Crippen LogP contribution in [-0.2, 0) is 10.3 Å². The Kier molecular flexibility index (Phi) is 5.18. The standard InChI is InChI=1S/C21H23N5O3/c1-15-14-16(5-6-17(15)25-19(27)18-4-2-13-29-18)24-20(28)21(7-10-22-11-8-21)26-12-3-9-23-26/h2-6,9,12-14,22H,7-8,10-11H2,1H3,(H,24,28)(H,25,27). The van der Waals surface area contributed by atoms with Crippen LogP contribution in [0.3, 0.4) is 0 Å². The number of benzene rings is 1.